The van der Waals surface area contributed by atoms with Gasteiger partial charge in [0.25, 0.3) is 0 Å². The van der Waals surface area contributed by atoms with Crippen LogP contribution >= 0.6 is 0 Å². The molecule has 32 heavy (non-hydrogen) atoms. The number of benzene rings is 1. The van der Waals surface area contributed by atoms with Crippen LogP contribution in [0.25, 0.3) is 11.5 Å². The van der Waals surface area contributed by atoms with E-state index in [1.807, 2.05) is 24.0 Å². The number of guanidine groups is 1. The van der Waals surface area contributed by atoms with Crippen LogP contribution in [0, 0.1) is 6.92 Å². The molecular formula is C24H34N6O2. The molecule has 3 heterocycles. The first-order valence-corrected chi connectivity index (χ1v) is 11.5. The smallest absolute Gasteiger partial charge is 0.239 e. The number of rotatable bonds is 5. The summed E-state index contributed by atoms with van der Waals surface area (Å²) in [4.78, 5) is 28.3. The number of oxazole rings is 1. The SMILES string of the molecule is CN=C(NCc1coc(-c2ccc(C)cc2)n1)N1CCN(C(C)C(=O)N2CCCC2)CC1. The summed E-state index contributed by atoms with van der Waals surface area (Å²) in [5.41, 5.74) is 3.02. The molecule has 1 unspecified atom stereocenters. The van der Waals surface area contributed by atoms with Gasteiger partial charge in [0.15, 0.2) is 5.96 Å². The van der Waals surface area contributed by atoms with Crippen molar-refractivity contribution in [3.8, 4) is 11.5 Å². The molecule has 2 fully saturated rings. The second kappa shape index (κ2) is 10.2. The molecule has 1 aromatic heterocycles. The fourth-order valence-electron chi connectivity index (χ4n) is 4.40. The van der Waals surface area contributed by atoms with E-state index in [2.05, 4.69) is 44.1 Å². The summed E-state index contributed by atoms with van der Waals surface area (Å²) in [5.74, 6) is 1.75. The van der Waals surface area contributed by atoms with Crippen molar-refractivity contribution in [1.82, 2.24) is 25.0 Å². The first-order valence-electron chi connectivity index (χ1n) is 11.5. The molecule has 1 amide bonds. The summed E-state index contributed by atoms with van der Waals surface area (Å²) in [5, 5.41) is 3.40. The Morgan fingerprint density at radius 3 is 2.44 bits per heavy atom. The second-order valence-electron chi connectivity index (χ2n) is 8.64. The van der Waals surface area contributed by atoms with E-state index >= 15 is 0 Å². The van der Waals surface area contributed by atoms with Gasteiger partial charge in [0.1, 0.15) is 6.26 Å². The molecule has 1 N–H and O–H groups in total. The van der Waals surface area contributed by atoms with Gasteiger partial charge in [-0.25, -0.2) is 4.98 Å². The molecule has 0 bridgehead atoms. The molecule has 1 aromatic carbocycles. The van der Waals surface area contributed by atoms with Crippen molar-refractivity contribution in [3.05, 3.63) is 41.8 Å². The highest BCUT2D eigenvalue weighted by Crippen LogP contribution is 2.19. The minimum Gasteiger partial charge on any atom is -0.444 e. The molecule has 2 aromatic rings. The number of hydrogen-bond donors (Lipinski definition) is 1. The third-order valence-electron chi connectivity index (χ3n) is 6.43. The van der Waals surface area contributed by atoms with Gasteiger partial charge in [-0.05, 0) is 38.8 Å². The normalized spacial score (nSPS) is 18.8. The summed E-state index contributed by atoms with van der Waals surface area (Å²) < 4.78 is 5.66. The molecule has 172 valence electrons. The highest BCUT2D eigenvalue weighted by molar-refractivity contribution is 5.82. The first-order chi connectivity index (χ1) is 15.5. The molecule has 1 atom stereocenters. The lowest BCUT2D eigenvalue weighted by molar-refractivity contribution is -0.135. The maximum atomic E-state index is 12.7. The van der Waals surface area contributed by atoms with Gasteiger partial charge in [0.05, 0.1) is 18.3 Å². The van der Waals surface area contributed by atoms with Gasteiger partial charge in [0.2, 0.25) is 11.8 Å². The van der Waals surface area contributed by atoms with E-state index in [1.165, 1.54) is 5.56 Å². The van der Waals surface area contributed by atoms with Crippen molar-refractivity contribution < 1.29 is 9.21 Å². The third-order valence-corrected chi connectivity index (χ3v) is 6.43. The number of carbonyl (C=O) groups excluding carboxylic acids is 1. The largest absolute Gasteiger partial charge is 0.444 e. The number of nitrogens with one attached hydrogen (secondary N) is 1. The number of carbonyl (C=O) groups is 1. The van der Waals surface area contributed by atoms with Gasteiger partial charge < -0.3 is 19.5 Å². The Labute approximate surface area is 190 Å². The van der Waals surface area contributed by atoms with Crippen molar-refractivity contribution in [2.75, 3.05) is 46.3 Å². The molecule has 2 saturated heterocycles. The predicted molar refractivity (Wildman–Crippen MR) is 125 cm³/mol. The minimum absolute atomic E-state index is 0.0550. The van der Waals surface area contributed by atoms with Crippen LogP contribution in [0.3, 0.4) is 0 Å². The molecule has 8 heteroatoms. The number of aryl methyl sites for hydroxylation is 1. The Morgan fingerprint density at radius 2 is 1.78 bits per heavy atom. The number of likely N-dealkylation sites (tertiary alicyclic amines) is 1. The zero-order chi connectivity index (χ0) is 22.5. The number of aromatic nitrogens is 1. The number of aliphatic imine (C=N–C) groups is 1. The Kier molecular flexibility index (Phi) is 7.09. The average molecular weight is 439 g/mol. The lowest BCUT2D eigenvalue weighted by Crippen LogP contribution is -2.57. The maximum absolute atomic E-state index is 12.7. The molecule has 0 aliphatic carbocycles. The van der Waals surface area contributed by atoms with Crippen LogP contribution in [0.5, 0.6) is 0 Å². The standard InChI is InChI=1S/C24H34N6O2/c1-18-6-8-20(9-7-18)22-27-21(17-32-22)16-26-24(25-3)30-14-12-28(13-15-30)19(2)23(31)29-10-4-5-11-29/h6-9,17,19H,4-5,10-16H2,1-3H3,(H,25,26). The fraction of sp³-hybridized carbons (Fsp3) is 0.542. The van der Waals surface area contributed by atoms with E-state index in [-0.39, 0.29) is 11.9 Å². The van der Waals surface area contributed by atoms with E-state index in [0.29, 0.717) is 12.4 Å². The average Bonchev–Trinajstić information content (AvgIpc) is 3.52. The minimum atomic E-state index is -0.0550. The van der Waals surface area contributed by atoms with Crippen molar-refractivity contribution >= 4 is 11.9 Å². The monoisotopic (exact) mass is 438 g/mol. The molecular weight excluding hydrogens is 404 g/mol. The van der Waals surface area contributed by atoms with Gasteiger partial charge >= 0.3 is 0 Å². The molecule has 0 spiro atoms. The van der Waals surface area contributed by atoms with E-state index < -0.39 is 0 Å². The fourth-order valence-corrected chi connectivity index (χ4v) is 4.40. The van der Waals surface area contributed by atoms with Crippen LogP contribution in [0.2, 0.25) is 0 Å². The predicted octanol–water partition coefficient (Wildman–Crippen LogP) is 2.35. The van der Waals surface area contributed by atoms with Crippen LogP contribution in [-0.2, 0) is 11.3 Å². The van der Waals surface area contributed by atoms with Gasteiger partial charge in [-0.15, -0.1) is 0 Å². The van der Waals surface area contributed by atoms with E-state index in [4.69, 9.17) is 4.42 Å². The molecule has 2 aliphatic heterocycles. The lowest BCUT2D eigenvalue weighted by atomic mass is 10.1. The number of hydrogen-bond acceptors (Lipinski definition) is 5. The van der Waals surface area contributed by atoms with E-state index in [1.54, 1.807) is 13.3 Å². The molecule has 0 saturated carbocycles. The van der Waals surface area contributed by atoms with Crippen LogP contribution in [0.4, 0.5) is 0 Å². The number of nitrogens with zero attached hydrogens (tertiary/aromatic N) is 5. The Morgan fingerprint density at radius 1 is 1.09 bits per heavy atom. The van der Waals surface area contributed by atoms with Gasteiger partial charge in [-0.1, -0.05) is 17.7 Å². The Balaban J connectivity index is 1.27. The van der Waals surface area contributed by atoms with E-state index in [9.17, 15) is 4.79 Å². The molecule has 2 aliphatic rings. The van der Waals surface area contributed by atoms with Crippen molar-refractivity contribution in [3.63, 3.8) is 0 Å². The first kappa shape index (κ1) is 22.3. The lowest BCUT2D eigenvalue weighted by Gasteiger charge is -2.39. The molecule has 4 rings (SSSR count). The van der Waals surface area contributed by atoms with Gasteiger partial charge in [-0.2, -0.15) is 0 Å². The van der Waals surface area contributed by atoms with Gasteiger partial charge in [0, 0.05) is 51.9 Å². The van der Waals surface area contributed by atoms with Crippen molar-refractivity contribution in [2.24, 2.45) is 4.99 Å². The maximum Gasteiger partial charge on any atom is 0.239 e. The van der Waals surface area contributed by atoms with Crippen LogP contribution in [0.1, 0.15) is 31.0 Å². The highest BCUT2D eigenvalue weighted by Gasteiger charge is 2.30. The second-order valence-corrected chi connectivity index (χ2v) is 8.64. The molecule has 0 radical (unpaired) electrons. The Hall–Kier alpha value is -2.87. The van der Waals surface area contributed by atoms with Crippen LogP contribution in [-0.4, -0.2) is 83.9 Å². The highest BCUT2D eigenvalue weighted by atomic mass is 16.3. The van der Waals surface area contributed by atoms with Crippen LogP contribution < -0.4 is 5.32 Å². The summed E-state index contributed by atoms with van der Waals surface area (Å²) in [6.07, 6.45) is 3.96. The zero-order valence-electron chi connectivity index (χ0n) is 19.4. The quantitative estimate of drug-likeness (QED) is 0.570. The van der Waals surface area contributed by atoms with Crippen molar-refractivity contribution in [2.45, 2.75) is 39.3 Å². The summed E-state index contributed by atoms with van der Waals surface area (Å²) in [7, 11) is 1.80. The molecule has 8 nitrogen and oxygen atoms in total. The number of piperazine rings is 1. The van der Waals surface area contributed by atoms with Crippen LogP contribution in [0.15, 0.2) is 39.9 Å². The summed E-state index contributed by atoms with van der Waals surface area (Å²) >= 11 is 0. The summed E-state index contributed by atoms with van der Waals surface area (Å²) in [6, 6.07) is 8.09. The number of amides is 1. The van der Waals surface area contributed by atoms with Gasteiger partial charge in [-0.3, -0.25) is 14.7 Å². The topological polar surface area (TPSA) is 77.2 Å². The third kappa shape index (κ3) is 5.12. The zero-order valence-corrected chi connectivity index (χ0v) is 19.4. The summed E-state index contributed by atoms with van der Waals surface area (Å²) in [6.45, 7) is 9.85. The van der Waals surface area contributed by atoms with Crippen molar-refractivity contribution in [1.29, 1.82) is 0 Å². The van der Waals surface area contributed by atoms with E-state index in [0.717, 1.165) is 69.3 Å². The Bertz CT molecular complexity index is 924.